The lowest BCUT2D eigenvalue weighted by Gasteiger charge is -2.15. The molecule has 0 aliphatic carbocycles. The van der Waals surface area contributed by atoms with Crippen LogP contribution in [-0.2, 0) is 9.59 Å². The van der Waals surface area contributed by atoms with E-state index in [-0.39, 0.29) is 28.4 Å². The number of carbonyl (C=O) groups is 2. The molecule has 0 saturated heterocycles. The van der Waals surface area contributed by atoms with E-state index < -0.39 is 11.9 Å². The van der Waals surface area contributed by atoms with Crippen molar-refractivity contribution in [2.75, 3.05) is 0 Å². The van der Waals surface area contributed by atoms with Gasteiger partial charge >= 0.3 is 11.9 Å². The van der Waals surface area contributed by atoms with Crippen molar-refractivity contribution in [3.63, 3.8) is 0 Å². The molecule has 0 fully saturated rings. The van der Waals surface area contributed by atoms with Gasteiger partial charge in [0.15, 0.2) is 11.5 Å². The van der Waals surface area contributed by atoms with E-state index >= 15 is 0 Å². The zero-order valence-electron chi connectivity index (χ0n) is 13.8. The summed E-state index contributed by atoms with van der Waals surface area (Å²) < 4.78 is 10.5. The Kier molecular flexibility index (Phi) is 4.74. The van der Waals surface area contributed by atoms with Crippen molar-refractivity contribution in [2.24, 2.45) is 0 Å². The summed E-state index contributed by atoms with van der Waals surface area (Å²) in [5, 5.41) is 11.1. The van der Waals surface area contributed by atoms with Crippen LogP contribution in [-0.4, -0.2) is 17.0 Å². The SMILES string of the molecule is C=C(C)C(=O)Oc1cc(O)c2cc(C)ccc2c1OC(=O)C(=C)C. The van der Waals surface area contributed by atoms with Crippen molar-refractivity contribution < 1.29 is 24.2 Å². The van der Waals surface area contributed by atoms with Crippen LogP contribution in [0.2, 0.25) is 0 Å². The Morgan fingerprint density at radius 2 is 1.54 bits per heavy atom. The quantitative estimate of drug-likeness (QED) is 0.525. The minimum absolute atomic E-state index is 0.0467. The molecular formula is C19H18O5. The van der Waals surface area contributed by atoms with Gasteiger partial charge in [-0.05, 0) is 26.8 Å². The first kappa shape index (κ1) is 17.3. The highest BCUT2D eigenvalue weighted by Crippen LogP contribution is 2.42. The minimum Gasteiger partial charge on any atom is -0.507 e. The van der Waals surface area contributed by atoms with Crippen molar-refractivity contribution in [1.29, 1.82) is 0 Å². The van der Waals surface area contributed by atoms with Gasteiger partial charge in [-0.25, -0.2) is 9.59 Å². The maximum atomic E-state index is 11.9. The number of esters is 2. The molecule has 0 unspecified atom stereocenters. The zero-order valence-corrected chi connectivity index (χ0v) is 13.8. The van der Waals surface area contributed by atoms with Crippen molar-refractivity contribution >= 4 is 22.7 Å². The van der Waals surface area contributed by atoms with E-state index in [1.54, 1.807) is 18.2 Å². The molecule has 0 aromatic heterocycles. The maximum absolute atomic E-state index is 11.9. The molecule has 0 bridgehead atoms. The van der Waals surface area contributed by atoms with Crippen LogP contribution in [0.3, 0.4) is 0 Å². The molecule has 0 saturated carbocycles. The van der Waals surface area contributed by atoms with Gasteiger partial charge in [0, 0.05) is 28.0 Å². The Bertz CT molecular complexity index is 877. The molecule has 24 heavy (non-hydrogen) atoms. The van der Waals surface area contributed by atoms with Gasteiger partial charge in [-0.2, -0.15) is 0 Å². The molecule has 0 aliphatic rings. The van der Waals surface area contributed by atoms with E-state index in [1.807, 2.05) is 6.92 Å². The zero-order chi connectivity index (χ0) is 18.0. The lowest BCUT2D eigenvalue weighted by Crippen LogP contribution is -2.13. The molecule has 0 radical (unpaired) electrons. The number of phenols is 1. The topological polar surface area (TPSA) is 72.8 Å². The average Bonchev–Trinajstić information content (AvgIpc) is 2.50. The smallest absolute Gasteiger partial charge is 0.338 e. The lowest BCUT2D eigenvalue weighted by molar-refractivity contribution is -0.132. The lowest BCUT2D eigenvalue weighted by atomic mass is 10.0. The van der Waals surface area contributed by atoms with Crippen molar-refractivity contribution in [3.05, 3.63) is 54.1 Å². The summed E-state index contributed by atoms with van der Waals surface area (Å²) in [7, 11) is 0. The normalized spacial score (nSPS) is 10.3. The number of ether oxygens (including phenoxy) is 2. The first-order chi connectivity index (χ1) is 11.2. The van der Waals surface area contributed by atoms with E-state index in [0.29, 0.717) is 10.8 Å². The number of fused-ring (bicyclic) bond motifs is 1. The standard InChI is InChI=1S/C19H18O5/c1-10(2)18(21)23-16-9-15(20)14-8-12(5)6-7-13(14)17(16)24-19(22)11(3)4/h6-9,20H,1,3H2,2,4-5H3. The highest BCUT2D eigenvalue weighted by Gasteiger charge is 2.20. The largest absolute Gasteiger partial charge is 0.507 e. The van der Waals surface area contributed by atoms with Crippen molar-refractivity contribution in [3.8, 4) is 17.2 Å². The predicted octanol–water partition coefficient (Wildman–Crippen LogP) is 3.82. The Morgan fingerprint density at radius 1 is 0.958 bits per heavy atom. The van der Waals surface area contributed by atoms with Crippen LogP contribution < -0.4 is 9.47 Å². The summed E-state index contributed by atoms with van der Waals surface area (Å²) in [6.07, 6.45) is 0. The fourth-order valence-corrected chi connectivity index (χ4v) is 2.02. The van der Waals surface area contributed by atoms with Crippen LogP contribution in [0, 0.1) is 6.92 Å². The molecule has 1 N–H and O–H groups in total. The molecule has 0 aliphatic heterocycles. The molecule has 2 aromatic rings. The summed E-state index contributed by atoms with van der Waals surface area (Å²) in [4.78, 5) is 23.8. The maximum Gasteiger partial charge on any atom is 0.338 e. The van der Waals surface area contributed by atoms with Crippen LogP contribution in [0.25, 0.3) is 10.8 Å². The fraction of sp³-hybridized carbons (Fsp3) is 0.158. The van der Waals surface area contributed by atoms with E-state index in [2.05, 4.69) is 13.2 Å². The van der Waals surface area contributed by atoms with Gasteiger partial charge in [-0.3, -0.25) is 0 Å². The van der Waals surface area contributed by atoms with Gasteiger partial charge < -0.3 is 14.6 Å². The molecule has 5 nitrogen and oxygen atoms in total. The van der Waals surface area contributed by atoms with E-state index in [0.717, 1.165) is 5.56 Å². The summed E-state index contributed by atoms with van der Waals surface area (Å²) >= 11 is 0. The molecule has 0 heterocycles. The summed E-state index contributed by atoms with van der Waals surface area (Å²) in [6, 6.07) is 6.46. The number of rotatable bonds is 4. The third-order valence-electron chi connectivity index (χ3n) is 3.28. The van der Waals surface area contributed by atoms with Gasteiger partial charge in [0.1, 0.15) is 5.75 Å². The second kappa shape index (κ2) is 6.58. The number of benzene rings is 2. The second-order valence-electron chi connectivity index (χ2n) is 5.61. The molecule has 2 aromatic carbocycles. The fourth-order valence-electron chi connectivity index (χ4n) is 2.02. The molecule has 2 rings (SSSR count). The van der Waals surface area contributed by atoms with Gasteiger partial charge in [0.2, 0.25) is 0 Å². The van der Waals surface area contributed by atoms with Crippen molar-refractivity contribution in [1.82, 2.24) is 0 Å². The number of aryl methyl sites for hydroxylation is 1. The average molecular weight is 326 g/mol. The van der Waals surface area contributed by atoms with Crippen LogP contribution in [0.1, 0.15) is 19.4 Å². The second-order valence-corrected chi connectivity index (χ2v) is 5.61. The van der Waals surface area contributed by atoms with Gasteiger partial charge in [0.05, 0.1) is 0 Å². The van der Waals surface area contributed by atoms with Gasteiger partial charge in [-0.1, -0.05) is 30.9 Å². The van der Waals surface area contributed by atoms with Crippen LogP contribution in [0.15, 0.2) is 48.6 Å². The molecule has 124 valence electrons. The molecular weight excluding hydrogens is 308 g/mol. The molecule has 0 amide bonds. The summed E-state index contributed by atoms with van der Waals surface area (Å²) in [5.74, 6) is -1.45. The van der Waals surface area contributed by atoms with E-state index in [1.165, 1.54) is 19.9 Å². The third-order valence-corrected chi connectivity index (χ3v) is 3.28. The van der Waals surface area contributed by atoms with Crippen molar-refractivity contribution in [2.45, 2.75) is 20.8 Å². The van der Waals surface area contributed by atoms with Gasteiger partial charge in [0.25, 0.3) is 0 Å². The number of aromatic hydroxyl groups is 1. The van der Waals surface area contributed by atoms with Crippen LogP contribution >= 0.6 is 0 Å². The highest BCUT2D eigenvalue weighted by atomic mass is 16.6. The number of hydrogen-bond acceptors (Lipinski definition) is 5. The van der Waals surface area contributed by atoms with E-state index in [9.17, 15) is 14.7 Å². The number of phenolic OH excluding ortho intramolecular Hbond substituents is 1. The Balaban J connectivity index is 2.68. The Morgan fingerprint density at radius 3 is 2.12 bits per heavy atom. The Hall–Kier alpha value is -3.08. The van der Waals surface area contributed by atoms with Crippen LogP contribution in [0.5, 0.6) is 17.2 Å². The number of hydrogen-bond donors (Lipinski definition) is 1. The highest BCUT2D eigenvalue weighted by molar-refractivity contribution is 6.00. The third kappa shape index (κ3) is 3.46. The molecule has 5 heteroatoms. The molecule has 0 atom stereocenters. The van der Waals surface area contributed by atoms with Gasteiger partial charge in [-0.15, -0.1) is 0 Å². The van der Waals surface area contributed by atoms with Crippen LogP contribution in [0.4, 0.5) is 0 Å². The first-order valence-electron chi connectivity index (χ1n) is 7.22. The van der Waals surface area contributed by atoms with E-state index in [4.69, 9.17) is 9.47 Å². The first-order valence-corrected chi connectivity index (χ1v) is 7.22. The summed E-state index contributed by atoms with van der Waals surface area (Å²) in [6.45, 7) is 11.9. The molecule has 0 spiro atoms. The summed E-state index contributed by atoms with van der Waals surface area (Å²) in [5.41, 5.74) is 1.29. The number of carbonyl (C=O) groups excluding carboxylic acids is 2. The minimum atomic E-state index is -0.687. The predicted molar refractivity (Wildman–Crippen MR) is 91.2 cm³/mol. The monoisotopic (exact) mass is 326 g/mol. The Labute approximate surface area is 139 Å².